The average molecular weight is 363 g/mol. The maximum Gasteiger partial charge on any atom is 0.279 e. The minimum absolute atomic E-state index is 0.173. The lowest BCUT2D eigenvalue weighted by Crippen LogP contribution is -2.15. The Labute approximate surface area is 157 Å². The number of hydrogen-bond donors (Lipinski definition) is 2. The highest BCUT2D eigenvalue weighted by molar-refractivity contribution is 5.80. The quantitative estimate of drug-likeness (QED) is 0.517. The SMILES string of the molecule is COc1ccc(-c2nnc(N/N=C/c3ccc(C(C)C)cc3)[nH]c2=O)cc1. The van der Waals surface area contributed by atoms with E-state index in [0.717, 1.165) is 5.56 Å². The van der Waals surface area contributed by atoms with Crippen LogP contribution in [0, 0.1) is 0 Å². The van der Waals surface area contributed by atoms with Gasteiger partial charge in [0.2, 0.25) is 5.95 Å². The minimum Gasteiger partial charge on any atom is -0.497 e. The Balaban J connectivity index is 1.69. The molecule has 1 heterocycles. The van der Waals surface area contributed by atoms with Gasteiger partial charge in [0.25, 0.3) is 5.56 Å². The van der Waals surface area contributed by atoms with Gasteiger partial charge in [-0.3, -0.25) is 9.78 Å². The zero-order valence-electron chi connectivity index (χ0n) is 15.4. The van der Waals surface area contributed by atoms with Crippen molar-refractivity contribution >= 4 is 12.2 Å². The molecule has 0 amide bonds. The van der Waals surface area contributed by atoms with Crippen LogP contribution in [0.2, 0.25) is 0 Å². The highest BCUT2D eigenvalue weighted by atomic mass is 16.5. The molecule has 0 radical (unpaired) electrons. The van der Waals surface area contributed by atoms with Crippen molar-refractivity contribution < 1.29 is 4.74 Å². The van der Waals surface area contributed by atoms with Crippen LogP contribution in [0.1, 0.15) is 30.9 Å². The Kier molecular flexibility index (Phi) is 5.61. The molecule has 1 aromatic heterocycles. The van der Waals surface area contributed by atoms with Crippen LogP contribution in [-0.4, -0.2) is 28.5 Å². The molecule has 3 rings (SSSR count). The minimum atomic E-state index is -0.353. The van der Waals surface area contributed by atoms with Gasteiger partial charge in [0.1, 0.15) is 5.75 Å². The smallest absolute Gasteiger partial charge is 0.279 e. The van der Waals surface area contributed by atoms with E-state index in [-0.39, 0.29) is 17.2 Å². The van der Waals surface area contributed by atoms with E-state index >= 15 is 0 Å². The monoisotopic (exact) mass is 363 g/mol. The highest BCUT2D eigenvalue weighted by Gasteiger charge is 2.07. The number of nitrogens with one attached hydrogen (secondary N) is 2. The molecular formula is C20H21N5O2. The van der Waals surface area contributed by atoms with E-state index in [1.807, 2.05) is 12.1 Å². The normalized spacial score (nSPS) is 11.1. The topological polar surface area (TPSA) is 92.3 Å². The fourth-order valence-corrected chi connectivity index (χ4v) is 2.46. The fraction of sp³-hybridized carbons (Fsp3) is 0.200. The molecule has 0 fully saturated rings. The fourth-order valence-electron chi connectivity index (χ4n) is 2.46. The van der Waals surface area contributed by atoms with E-state index in [2.05, 4.69) is 51.7 Å². The second-order valence-corrected chi connectivity index (χ2v) is 6.27. The predicted molar refractivity (Wildman–Crippen MR) is 106 cm³/mol. The Bertz CT molecular complexity index is 977. The number of H-pyrrole nitrogens is 1. The van der Waals surface area contributed by atoms with Gasteiger partial charge in [-0.1, -0.05) is 38.1 Å². The van der Waals surface area contributed by atoms with E-state index in [1.54, 1.807) is 37.6 Å². The second-order valence-electron chi connectivity index (χ2n) is 6.27. The number of aromatic nitrogens is 3. The Hall–Kier alpha value is -3.48. The summed E-state index contributed by atoms with van der Waals surface area (Å²) in [4.78, 5) is 14.9. The molecule has 3 aromatic rings. The molecule has 0 saturated carbocycles. The molecule has 0 bridgehead atoms. The van der Waals surface area contributed by atoms with Crippen molar-refractivity contribution in [3.8, 4) is 17.0 Å². The number of aromatic amines is 1. The molecule has 0 spiro atoms. The molecular weight excluding hydrogens is 342 g/mol. The molecule has 0 atom stereocenters. The maximum absolute atomic E-state index is 12.2. The van der Waals surface area contributed by atoms with Gasteiger partial charge in [-0.05, 0) is 41.3 Å². The third-order valence-corrected chi connectivity index (χ3v) is 4.05. The molecule has 7 nitrogen and oxygen atoms in total. The van der Waals surface area contributed by atoms with E-state index in [4.69, 9.17) is 4.74 Å². The van der Waals surface area contributed by atoms with Crippen LogP contribution in [0.4, 0.5) is 5.95 Å². The molecule has 2 N–H and O–H groups in total. The molecule has 0 aliphatic heterocycles. The lowest BCUT2D eigenvalue weighted by Gasteiger charge is -2.04. The summed E-state index contributed by atoms with van der Waals surface area (Å²) in [6.45, 7) is 4.30. The molecule has 0 aliphatic carbocycles. The van der Waals surface area contributed by atoms with Crippen molar-refractivity contribution in [3.63, 3.8) is 0 Å². The van der Waals surface area contributed by atoms with Gasteiger partial charge in [0.05, 0.1) is 13.3 Å². The van der Waals surface area contributed by atoms with Crippen molar-refractivity contribution in [2.45, 2.75) is 19.8 Å². The summed E-state index contributed by atoms with van der Waals surface area (Å²) < 4.78 is 5.11. The van der Waals surface area contributed by atoms with Crippen LogP contribution < -0.4 is 15.7 Å². The predicted octanol–water partition coefficient (Wildman–Crippen LogP) is 3.41. The van der Waals surface area contributed by atoms with Gasteiger partial charge >= 0.3 is 0 Å². The van der Waals surface area contributed by atoms with Gasteiger partial charge in [0, 0.05) is 5.56 Å². The molecule has 0 saturated heterocycles. The van der Waals surface area contributed by atoms with Gasteiger partial charge in [-0.2, -0.15) is 5.10 Å². The number of ether oxygens (including phenoxy) is 1. The lowest BCUT2D eigenvalue weighted by atomic mass is 10.0. The number of rotatable bonds is 6. The summed E-state index contributed by atoms with van der Waals surface area (Å²) in [5, 5.41) is 12.0. The number of nitrogens with zero attached hydrogens (tertiary/aromatic N) is 3. The molecule has 0 unspecified atom stereocenters. The summed E-state index contributed by atoms with van der Waals surface area (Å²) in [5.41, 5.74) is 5.44. The molecule has 2 aromatic carbocycles. The lowest BCUT2D eigenvalue weighted by molar-refractivity contribution is 0.415. The largest absolute Gasteiger partial charge is 0.497 e. The zero-order chi connectivity index (χ0) is 19.2. The van der Waals surface area contributed by atoms with Gasteiger partial charge in [-0.25, -0.2) is 5.43 Å². The van der Waals surface area contributed by atoms with Crippen LogP contribution in [0.5, 0.6) is 5.75 Å². The molecule has 138 valence electrons. The Morgan fingerprint density at radius 1 is 1.07 bits per heavy atom. The van der Waals surface area contributed by atoms with Crippen molar-refractivity contribution in [2.75, 3.05) is 12.5 Å². The first kappa shape index (κ1) is 18.3. The Morgan fingerprint density at radius 3 is 2.37 bits per heavy atom. The molecule has 27 heavy (non-hydrogen) atoms. The van der Waals surface area contributed by atoms with Gasteiger partial charge in [0.15, 0.2) is 5.69 Å². The summed E-state index contributed by atoms with van der Waals surface area (Å²) >= 11 is 0. The summed E-state index contributed by atoms with van der Waals surface area (Å²) in [7, 11) is 1.58. The second kappa shape index (κ2) is 8.27. The first-order valence-electron chi connectivity index (χ1n) is 8.57. The maximum atomic E-state index is 12.2. The first-order chi connectivity index (χ1) is 13.1. The van der Waals surface area contributed by atoms with Crippen LogP contribution in [0.3, 0.4) is 0 Å². The molecule has 0 aliphatic rings. The summed E-state index contributed by atoms with van der Waals surface area (Å²) in [5.74, 6) is 1.36. The van der Waals surface area contributed by atoms with Crippen molar-refractivity contribution in [1.82, 2.24) is 15.2 Å². The van der Waals surface area contributed by atoms with Crippen LogP contribution in [0.25, 0.3) is 11.3 Å². The number of methoxy groups -OCH3 is 1. The van der Waals surface area contributed by atoms with Crippen LogP contribution in [-0.2, 0) is 0 Å². The third-order valence-electron chi connectivity index (χ3n) is 4.05. The molecule has 7 heteroatoms. The summed E-state index contributed by atoms with van der Waals surface area (Å²) in [6.07, 6.45) is 1.65. The van der Waals surface area contributed by atoms with Crippen molar-refractivity contribution in [1.29, 1.82) is 0 Å². The number of anilines is 1. The van der Waals surface area contributed by atoms with Crippen molar-refractivity contribution in [2.24, 2.45) is 5.10 Å². The van der Waals surface area contributed by atoms with E-state index in [0.29, 0.717) is 17.2 Å². The number of hydrazone groups is 1. The van der Waals surface area contributed by atoms with Crippen LogP contribution in [0.15, 0.2) is 58.4 Å². The van der Waals surface area contributed by atoms with Crippen molar-refractivity contribution in [3.05, 3.63) is 70.0 Å². The number of hydrogen-bond acceptors (Lipinski definition) is 6. The van der Waals surface area contributed by atoms with E-state index < -0.39 is 0 Å². The standard InChI is InChI=1S/C20H21N5O2/c1-13(2)15-6-4-14(5-7-15)12-21-24-20-22-19(26)18(23-25-20)16-8-10-17(27-3)11-9-16/h4-13H,1-3H3,(H2,22,24,25,26)/b21-12+. The number of benzene rings is 2. The van der Waals surface area contributed by atoms with Gasteiger partial charge < -0.3 is 4.74 Å². The zero-order valence-corrected chi connectivity index (χ0v) is 15.4. The highest BCUT2D eigenvalue weighted by Crippen LogP contribution is 2.17. The average Bonchev–Trinajstić information content (AvgIpc) is 2.69. The van der Waals surface area contributed by atoms with E-state index in [9.17, 15) is 4.79 Å². The van der Waals surface area contributed by atoms with Crippen LogP contribution >= 0.6 is 0 Å². The summed E-state index contributed by atoms with van der Waals surface area (Å²) in [6, 6.07) is 15.1. The van der Waals surface area contributed by atoms with E-state index in [1.165, 1.54) is 5.56 Å². The first-order valence-corrected chi connectivity index (χ1v) is 8.57. The third kappa shape index (κ3) is 4.58. The Morgan fingerprint density at radius 2 is 1.78 bits per heavy atom. The van der Waals surface area contributed by atoms with Gasteiger partial charge in [-0.15, -0.1) is 10.2 Å².